The molecular weight excluding hydrogens is 593 g/mol. The number of likely N-dealkylation sites (tertiary alicyclic amines) is 1. The van der Waals surface area contributed by atoms with Gasteiger partial charge in [0.15, 0.2) is 5.65 Å². The van der Waals surface area contributed by atoms with E-state index in [1.54, 1.807) is 7.11 Å². The van der Waals surface area contributed by atoms with Crippen molar-refractivity contribution < 1.29 is 9.22 Å². The first-order chi connectivity index (χ1) is 21.3. The van der Waals surface area contributed by atoms with Crippen LogP contribution >= 0.6 is 23.2 Å². The van der Waals surface area contributed by atoms with Crippen LogP contribution in [-0.2, 0) is 25.9 Å². The lowest BCUT2D eigenvalue weighted by Crippen LogP contribution is -2.53. The Labute approximate surface area is 268 Å². The van der Waals surface area contributed by atoms with Gasteiger partial charge in [0, 0.05) is 31.0 Å². The van der Waals surface area contributed by atoms with E-state index in [4.69, 9.17) is 37.9 Å². The summed E-state index contributed by atoms with van der Waals surface area (Å²) in [5, 5.41) is 1.18. The minimum absolute atomic E-state index is 0.0215. The number of imidazole rings is 1. The van der Waals surface area contributed by atoms with Gasteiger partial charge in [-0.2, -0.15) is 4.98 Å². The van der Waals surface area contributed by atoms with E-state index in [1.807, 2.05) is 47.1 Å². The predicted molar refractivity (Wildman–Crippen MR) is 178 cm³/mol. The maximum Gasteiger partial charge on any atom is 0.277 e. The summed E-state index contributed by atoms with van der Waals surface area (Å²) in [5.41, 5.74) is 5.42. The van der Waals surface area contributed by atoms with Gasteiger partial charge in [0.1, 0.15) is 17.9 Å². The molecule has 0 spiro atoms. The summed E-state index contributed by atoms with van der Waals surface area (Å²) < 4.78 is 10.2. The lowest BCUT2D eigenvalue weighted by atomic mass is 9.88. The molecule has 0 N–H and O–H groups in total. The van der Waals surface area contributed by atoms with Crippen LogP contribution in [-0.4, -0.2) is 50.2 Å². The smallest absolute Gasteiger partial charge is 0.277 e. The summed E-state index contributed by atoms with van der Waals surface area (Å²) in [5.74, 6) is 2.02. The number of piperidine rings is 1. The fraction of sp³-hybridized carbons (Fsp3) is 0.400. The quantitative estimate of drug-likeness (QED) is 0.152. The number of benzene rings is 2. The number of quaternary nitrogens is 1. The average molecular weight is 634 g/mol. The summed E-state index contributed by atoms with van der Waals surface area (Å²) in [6, 6.07) is 20.6. The van der Waals surface area contributed by atoms with Crippen molar-refractivity contribution in [2.45, 2.75) is 59.0 Å². The van der Waals surface area contributed by atoms with Crippen molar-refractivity contribution in [3.63, 3.8) is 0 Å². The Morgan fingerprint density at radius 1 is 0.977 bits per heavy atom. The first-order valence-corrected chi connectivity index (χ1v) is 16.3. The Hall–Kier alpha value is -3.39. The van der Waals surface area contributed by atoms with Gasteiger partial charge in [0.25, 0.3) is 5.56 Å². The van der Waals surface area contributed by atoms with Gasteiger partial charge in [-0.05, 0) is 55.9 Å². The molecule has 1 aliphatic heterocycles. The molecule has 0 unspecified atom stereocenters. The molecule has 0 radical (unpaired) electrons. The van der Waals surface area contributed by atoms with E-state index >= 15 is 0 Å². The van der Waals surface area contributed by atoms with Crippen molar-refractivity contribution in [1.82, 2.24) is 18.9 Å². The molecule has 0 amide bonds. The number of hydrogen-bond donors (Lipinski definition) is 0. The second-order valence-electron chi connectivity index (χ2n) is 12.2. The van der Waals surface area contributed by atoms with E-state index in [0.29, 0.717) is 46.0 Å². The van der Waals surface area contributed by atoms with Crippen molar-refractivity contribution >= 4 is 39.9 Å². The van der Waals surface area contributed by atoms with Gasteiger partial charge in [-0.1, -0.05) is 66.5 Å². The Kier molecular flexibility index (Phi) is 8.99. The molecule has 230 valence electrons. The minimum atomic E-state index is -0.0215. The molecule has 5 aromatic rings. The molecule has 7 nitrogen and oxygen atoms in total. The van der Waals surface area contributed by atoms with Gasteiger partial charge in [-0.15, -0.1) is 0 Å². The molecule has 9 heteroatoms. The van der Waals surface area contributed by atoms with Crippen molar-refractivity contribution in [3.8, 4) is 5.88 Å². The number of ether oxygens (including phenoxy) is 1. The van der Waals surface area contributed by atoms with Crippen LogP contribution in [0, 0.1) is 12.8 Å². The van der Waals surface area contributed by atoms with Crippen molar-refractivity contribution in [2.24, 2.45) is 5.92 Å². The van der Waals surface area contributed by atoms with Crippen LogP contribution in [0.25, 0.3) is 16.7 Å². The number of nitrogens with zero attached hydrogens (tertiary/aromatic N) is 5. The van der Waals surface area contributed by atoms with Crippen LogP contribution in [0.2, 0.25) is 10.0 Å². The monoisotopic (exact) mass is 632 g/mol. The molecule has 0 saturated carbocycles. The predicted octanol–water partition coefficient (Wildman–Crippen LogP) is 7.29. The fourth-order valence-corrected chi connectivity index (χ4v) is 7.37. The maximum absolute atomic E-state index is 14.0. The number of aryl methyl sites for hydroxylation is 3. The number of pyridine rings is 1. The molecule has 44 heavy (non-hydrogen) atoms. The minimum Gasteiger partial charge on any atom is -0.481 e. The van der Waals surface area contributed by atoms with Crippen LogP contribution in [0.15, 0.2) is 65.5 Å². The standard InChI is InChI=1S/C35H40Cl2N5O2/c1-4-31-38-24(2)33-35(43)40(30-13-14-32(44-3)39-34(30)41(31)33)17-8-18-42(23-27-11-12-28(36)29(37)22-27)19-15-26(16-20-42)21-25-9-6-5-7-10-25/h5-7,9-14,22,26H,4,8,15-21,23H2,1-3H3/q+1. The summed E-state index contributed by atoms with van der Waals surface area (Å²) in [4.78, 5) is 23.5. The van der Waals surface area contributed by atoms with E-state index in [0.717, 1.165) is 60.5 Å². The van der Waals surface area contributed by atoms with Gasteiger partial charge in [0.05, 0.1) is 48.0 Å². The maximum atomic E-state index is 14.0. The summed E-state index contributed by atoms with van der Waals surface area (Å²) in [7, 11) is 1.61. The van der Waals surface area contributed by atoms with E-state index in [2.05, 4.69) is 36.4 Å². The third-order valence-electron chi connectivity index (χ3n) is 9.33. The highest BCUT2D eigenvalue weighted by atomic mass is 35.5. The topological polar surface area (TPSA) is 61.4 Å². The van der Waals surface area contributed by atoms with Gasteiger partial charge in [0.2, 0.25) is 5.88 Å². The van der Waals surface area contributed by atoms with Crippen LogP contribution in [0.1, 0.15) is 48.8 Å². The fourth-order valence-electron chi connectivity index (χ4n) is 7.05. The van der Waals surface area contributed by atoms with E-state index < -0.39 is 0 Å². The highest BCUT2D eigenvalue weighted by Gasteiger charge is 2.34. The Balaban J connectivity index is 1.29. The lowest BCUT2D eigenvalue weighted by molar-refractivity contribution is -0.946. The zero-order chi connectivity index (χ0) is 30.8. The third-order valence-corrected chi connectivity index (χ3v) is 10.1. The average Bonchev–Trinajstić information content (AvgIpc) is 3.38. The third kappa shape index (κ3) is 6.10. The highest BCUT2D eigenvalue weighted by Crippen LogP contribution is 2.31. The Morgan fingerprint density at radius 2 is 1.75 bits per heavy atom. The second-order valence-corrected chi connectivity index (χ2v) is 13.0. The molecule has 2 aromatic carbocycles. The zero-order valence-electron chi connectivity index (χ0n) is 25.7. The molecule has 1 fully saturated rings. The van der Waals surface area contributed by atoms with E-state index in [-0.39, 0.29) is 5.56 Å². The Bertz CT molecular complexity index is 1840. The van der Waals surface area contributed by atoms with Gasteiger partial charge < -0.3 is 13.8 Å². The van der Waals surface area contributed by atoms with Crippen LogP contribution in [0.4, 0.5) is 0 Å². The molecule has 3 aromatic heterocycles. The first kappa shape index (κ1) is 30.6. The van der Waals surface area contributed by atoms with Crippen LogP contribution in [0.5, 0.6) is 5.88 Å². The largest absolute Gasteiger partial charge is 0.481 e. The zero-order valence-corrected chi connectivity index (χ0v) is 27.2. The van der Waals surface area contributed by atoms with Crippen LogP contribution < -0.4 is 10.3 Å². The number of halogens is 2. The number of fused-ring (bicyclic) bond motifs is 3. The molecule has 0 bridgehead atoms. The van der Waals surface area contributed by atoms with Crippen molar-refractivity contribution in [1.29, 1.82) is 0 Å². The molecule has 4 heterocycles. The lowest BCUT2D eigenvalue weighted by Gasteiger charge is -2.44. The number of hydrogen-bond acceptors (Lipinski definition) is 4. The summed E-state index contributed by atoms with van der Waals surface area (Å²) in [6.45, 7) is 8.58. The normalized spacial score (nSPS) is 18.7. The molecule has 1 aliphatic rings. The van der Waals surface area contributed by atoms with E-state index in [9.17, 15) is 4.79 Å². The summed E-state index contributed by atoms with van der Waals surface area (Å²) >= 11 is 12.7. The number of rotatable bonds is 10. The first-order valence-electron chi connectivity index (χ1n) is 15.6. The van der Waals surface area contributed by atoms with Gasteiger partial charge in [-0.3, -0.25) is 9.20 Å². The second kappa shape index (κ2) is 12.9. The van der Waals surface area contributed by atoms with Crippen molar-refractivity contribution in [2.75, 3.05) is 26.7 Å². The Morgan fingerprint density at radius 3 is 2.45 bits per heavy atom. The van der Waals surface area contributed by atoms with Crippen molar-refractivity contribution in [3.05, 3.63) is 104 Å². The van der Waals surface area contributed by atoms with Crippen LogP contribution in [0.3, 0.4) is 0 Å². The molecule has 0 atom stereocenters. The van der Waals surface area contributed by atoms with E-state index in [1.165, 1.54) is 24.0 Å². The molecule has 6 rings (SSSR count). The van der Waals surface area contributed by atoms with Gasteiger partial charge in [-0.25, -0.2) is 4.98 Å². The summed E-state index contributed by atoms with van der Waals surface area (Å²) in [6.07, 6.45) is 5.02. The molecular formula is C35H40Cl2N5O2+. The molecule has 0 aliphatic carbocycles. The molecule has 1 saturated heterocycles. The highest BCUT2D eigenvalue weighted by molar-refractivity contribution is 6.42. The van der Waals surface area contributed by atoms with Gasteiger partial charge >= 0.3 is 0 Å². The number of aromatic nitrogens is 4. The number of methoxy groups -OCH3 is 1. The SMILES string of the molecule is CCc1nc(C)c2c(=O)n(CCC[N+]3(Cc4ccc(Cl)c(Cl)c4)CCC(Cc4ccccc4)CC3)c3ccc(OC)nc3n12.